The van der Waals surface area contributed by atoms with Crippen molar-refractivity contribution in [2.24, 2.45) is 0 Å². The predicted octanol–water partition coefficient (Wildman–Crippen LogP) is 3.84. The zero-order valence-electron chi connectivity index (χ0n) is 17.0. The highest BCUT2D eigenvalue weighted by molar-refractivity contribution is 5.77. The van der Waals surface area contributed by atoms with E-state index in [9.17, 15) is 18.7 Å². The minimum atomic E-state index is -0.933. The van der Waals surface area contributed by atoms with Crippen LogP contribution in [0.25, 0.3) is 11.0 Å². The standard InChI is InChI=1S/C21H24F2N4O3/c1-4-15(5-2)25-21-24-10-13-8-18(30-17-7-6-14(22)9-16(17)23)20(29)27(11-12(3)28)19(13)26-21/h6-10,12,15,28H,4-5,11H2,1-3H3,(H,24,25,26)/t12-/m0/s1. The number of rotatable bonds is 8. The van der Waals surface area contributed by atoms with Crippen molar-refractivity contribution in [3.63, 3.8) is 0 Å². The van der Waals surface area contributed by atoms with Gasteiger partial charge >= 0.3 is 0 Å². The summed E-state index contributed by atoms with van der Waals surface area (Å²) in [6, 6.07) is 4.39. The van der Waals surface area contributed by atoms with Crippen molar-refractivity contribution in [2.75, 3.05) is 5.32 Å². The fourth-order valence-electron chi connectivity index (χ4n) is 3.06. The second-order valence-corrected chi connectivity index (χ2v) is 7.08. The van der Waals surface area contributed by atoms with E-state index in [0.29, 0.717) is 23.0 Å². The number of nitrogens with one attached hydrogen (secondary N) is 1. The highest BCUT2D eigenvalue weighted by Gasteiger charge is 2.17. The summed E-state index contributed by atoms with van der Waals surface area (Å²) >= 11 is 0. The number of halogens is 2. The zero-order chi connectivity index (χ0) is 21.8. The van der Waals surface area contributed by atoms with E-state index < -0.39 is 23.3 Å². The third-order valence-corrected chi connectivity index (χ3v) is 4.67. The predicted molar refractivity (Wildman–Crippen MR) is 110 cm³/mol. The van der Waals surface area contributed by atoms with Crippen LogP contribution in [0.5, 0.6) is 11.5 Å². The van der Waals surface area contributed by atoms with Crippen LogP contribution in [-0.4, -0.2) is 31.8 Å². The van der Waals surface area contributed by atoms with Crippen molar-refractivity contribution in [3.8, 4) is 11.5 Å². The molecule has 0 bridgehead atoms. The molecule has 0 unspecified atom stereocenters. The molecular formula is C21H24F2N4O3. The monoisotopic (exact) mass is 418 g/mol. The van der Waals surface area contributed by atoms with Crippen LogP contribution in [0, 0.1) is 11.6 Å². The topological polar surface area (TPSA) is 89.3 Å². The number of aliphatic hydroxyl groups is 1. The Kier molecular flexibility index (Phi) is 6.61. The number of benzene rings is 1. The molecule has 2 aromatic heterocycles. The van der Waals surface area contributed by atoms with Crippen LogP contribution in [0.3, 0.4) is 0 Å². The van der Waals surface area contributed by atoms with Gasteiger partial charge in [0.25, 0.3) is 5.56 Å². The van der Waals surface area contributed by atoms with Crippen LogP contribution in [0.1, 0.15) is 33.6 Å². The molecule has 0 spiro atoms. The molecule has 0 aliphatic heterocycles. The van der Waals surface area contributed by atoms with E-state index in [1.54, 1.807) is 0 Å². The molecule has 1 aromatic carbocycles. The molecule has 2 N–H and O–H groups in total. The molecule has 1 atom stereocenters. The van der Waals surface area contributed by atoms with Crippen molar-refractivity contribution >= 4 is 17.0 Å². The molecule has 0 aliphatic rings. The van der Waals surface area contributed by atoms with E-state index in [0.717, 1.165) is 25.0 Å². The first-order valence-electron chi connectivity index (χ1n) is 9.80. The van der Waals surface area contributed by atoms with Gasteiger partial charge in [-0.15, -0.1) is 0 Å². The molecule has 3 aromatic rings. The Bertz CT molecular complexity index is 1100. The van der Waals surface area contributed by atoms with Crippen molar-refractivity contribution in [3.05, 3.63) is 52.5 Å². The summed E-state index contributed by atoms with van der Waals surface area (Å²) in [4.78, 5) is 21.7. The molecule has 30 heavy (non-hydrogen) atoms. The van der Waals surface area contributed by atoms with Gasteiger partial charge in [0.05, 0.1) is 12.6 Å². The summed E-state index contributed by atoms with van der Waals surface area (Å²) in [7, 11) is 0. The fraction of sp³-hybridized carbons (Fsp3) is 0.381. The molecule has 0 saturated heterocycles. The van der Waals surface area contributed by atoms with E-state index in [4.69, 9.17) is 4.74 Å². The number of nitrogens with zero attached hydrogens (tertiary/aromatic N) is 3. The van der Waals surface area contributed by atoms with Gasteiger partial charge in [0.2, 0.25) is 5.95 Å². The Morgan fingerprint density at radius 2 is 1.93 bits per heavy atom. The number of pyridine rings is 1. The average Bonchev–Trinajstić information content (AvgIpc) is 2.71. The van der Waals surface area contributed by atoms with Gasteiger partial charge in [-0.05, 0) is 38.0 Å². The second-order valence-electron chi connectivity index (χ2n) is 7.08. The number of ether oxygens (including phenoxy) is 1. The van der Waals surface area contributed by atoms with E-state index in [2.05, 4.69) is 15.3 Å². The third-order valence-electron chi connectivity index (χ3n) is 4.67. The van der Waals surface area contributed by atoms with E-state index in [-0.39, 0.29) is 24.1 Å². The maximum Gasteiger partial charge on any atom is 0.295 e. The lowest BCUT2D eigenvalue weighted by molar-refractivity contribution is 0.173. The molecule has 160 valence electrons. The first kappa shape index (κ1) is 21.6. The smallest absolute Gasteiger partial charge is 0.295 e. The third kappa shape index (κ3) is 4.73. The summed E-state index contributed by atoms with van der Waals surface area (Å²) in [5.74, 6) is -1.79. The lowest BCUT2D eigenvalue weighted by Crippen LogP contribution is -2.27. The first-order chi connectivity index (χ1) is 14.3. The number of aliphatic hydroxyl groups excluding tert-OH is 1. The molecule has 0 amide bonds. The van der Waals surface area contributed by atoms with Gasteiger partial charge in [-0.1, -0.05) is 13.8 Å². The molecule has 9 heteroatoms. The van der Waals surface area contributed by atoms with E-state index in [1.807, 2.05) is 13.8 Å². The van der Waals surface area contributed by atoms with Crippen molar-refractivity contribution in [1.29, 1.82) is 0 Å². The maximum atomic E-state index is 14.0. The maximum absolute atomic E-state index is 14.0. The van der Waals surface area contributed by atoms with Crippen LogP contribution in [0.2, 0.25) is 0 Å². The van der Waals surface area contributed by atoms with Crippen molar-refractivity contribution < 1.29 is 18.6 Å². The van der Waals surface area contributed by atoms with Crippen LogP contribution in [0.15, 0.2) is 35.3 Å². The number of hydrogen-bond donors (Lipinski definition) is 2. The van der Waals surface area contributed by atoms with Crippen LogP contribution < -0.4 is 15.6 Å². The van der Waals surface area contributed by atoms with Crippen LogP contribution in [-0.2, 0) is 6.54 Å². The quantitative estimate of drug-likeness (QED) is 0.578. The molecule has 7 nitrogen and oxygen atoms in total. The Morgan fingerprint density at radius 3 is 2.57 bits per heavy atom. The van der Waals surface area contributed by atoms with Crippen LogP contribution in [0.4, 0.5) is 14.7 Å². The Hall–Kier alpha value is -3.07. The molecule has 0 radical (unpaired) electrons. The highest BCUT2D eigenvalue weighted by atomic mass is 19.1. The Balaban J connectivity index is 2.09. The molecule has 2 heterocycles. The van der Waals surface area contributed by atoms with Gasteiger partial charge in [-0.3, -0.25) is 9.36 Å². The summed E-state index contributed by atoms with van der Waals surface area (Å²) < 4.78 is 33.8. The molecule has 0 fully saturated rings. The number of hydrogen-bond acceptors (Lipinski definition) is 6. The lowest BCUT2D eigenvalue weighted by Gasteiger charge is -2.17. The largest absolute Gasteiger partial charge is 0.448 e. The van der Waals surface area contributed by atoms with Gasteiger partial charge in [-0.2, -0.15) is 4.98 Å². The van der Waals surface area contributed by atoms with E-state index in [1.165, 1.54) is 23.8 Å². The SMILES string of the molecule is CCC(CC)Nc1ncc2cc(Oc3ccc(F)cc3F)c(=O)n(C[C@H](C)O)c2n1. The highest BCUT2D eigenvalue weighted by Crippen LogP contribution is 2.25. The fourth-order valence-corrected chi connectivity index (χ4v) is 3.06. The molecule has 3 rings (SSSR count). The molecule has 0 saturated carbocycles. The summed E-state index contributed by atoms with van der Waals surface area (Å²) in [6.07, 6.45) is 2.45. The van der Waals surface area contributed by atoms with E-state index >= 15 is 0 Å². The summed E-state index contributed by atoms with van der Waals surface area (Å²) in [6.45, 7) is 5.59. The first-order valence-corrected chi connectivity index (χ1v) is 9.80. The van der Waals surface area contributed by atoms with Gasteiger partial charge in [-0.25, -0.2) is 13.8 Å². The van der Waals surface area contributed by atoms with Crippen molar-refractivity contribution in [1.82, 2.24) is 14.5 Å². The van der Waals surface area contributed by atoms with Gasteiger partial charge < -0.3 is 15.2 Å². The normalized spacial score (nSPS) is 12.4. The van der Waals surface area contributed by atoms with Gasteiger partial charge in [0.15, 0.2) is 17.3 Å². The summed E-state index contributed by atoms with van der Waals surface area (Å²) in [5.41, 5.74) is -0.282. The van der Waals surface area contributed by atoms with Gasteiger partial charge in [0, 0.05) is 23.7 Å². The summed E-state index contributed by atoms with van der Waals surface area (Å²) in [5, 5.41) is 13.6. The minimum Gasteiger partial charge on any atom is -0.448 e. The minimum absolute atomic E-state index is 0.0418. The Labute approximate surface area is 172 Å². The average molecular weight is 418 g/mol. The molecular weight excluding hydrogens is 394 g/mol. The number of fused-ring (bicyclic) bond motifs is 1. The second kappa shape index (κ2) is 9.17. The zero-order valence-corrected chi connectivity index (χ0v) is 17.0. The molecule has 0 aliphatic carbocycles. The number of aromatic nitrogens is 3. The van der Waals surface area contributed by atoms with Gasteiger partial charge in [0.1, 0.15) is 11.5 Å². The van der Waals surface area contributed by atoms with Crippen LogP contribution >= 0.6 is 0 Å². The number of anilines is 1. The Morgan fingerprint density at radius 1 is 1.20 bits per heavy atom. The lowest BCUT2D eigenvalue weighted by atomic mass is 10.2. The van der Waals surface area contributed by atoms with Crippen molar-refractivity contribution in [2.45, 2.75) is 52.3 Å².